The second kappa shape index (κ2) is 5.72. The van der Waals surface area contributed by atoms with Gasteiger partial charge in [-0.3, -0.25) is 0 Å². The molecule has 0 radical (unpaired) electrons. The van der Waals surface area contributed by atoms with Gasteiger partial charge < -0.3 is 0 Å². The molecule has 2 aliphatic rings. The van der Waals surface area contributed by atoms with Gasteiger partial charge in [0, 0.05) is 19.3 Å². The molecule has 6 nitrogen and oxygen atoms in total. The van der Waals surface area contributed by atoms with Crippen LogP contribution in [0.4, 0.5) is 0 Å². The summed E-state index contributed by atoms with van der Waals surface area (Å²) >= 11 is 0. The lowest BCUT2D eigenvalue weighted by Gasteiger charge is -2.20. The highest BCUT2D eigenvalue weighted by molar-refractivity contribution is 7.89. The summed E-state index contributed by atoms with van der Waals surface area (Å²) in [4.78, 5) is 0.428. The van der Waals surface area contributed by atoms with Crippen LogP contribution in [0.3, 0.4) is 0 Å². The minimum Gasteiger partial charge on any atom is -0.248 e. The zero-order valence-corrected chi connectivity index (χ0v) is 13.7. The third-order valence-corrected chi connectivity index (χ3v) is 6.76. The van der Waals surface area contributed by atoms with Crippen molar-refractivity contribution in [3.8, 4) is 0 Å². The first-order chi connectivity index (χ1) is 11.1. The molecule has 1 aliphatic carbocycles. The first kappa shape index (κ1) is 14.8. The summed E-state index contributed by atoms with van der Waals surface area (Å²) in [7, 11) is -3.42. The number of aryl methyl sites for hydroxylation is 2. The van der Waals surface area contributed by atoms with Gasteiger partial charge in [0.05, 0.1) is 17.1 Å². The van der Waals surface area contributed by atoms with E-state index in [1.165, 1.54) is 17.5 Å². The number of rotatable bonds is 3. The van der Waals surface area contributed by atoms with E-state index < -0.39 is 10.0 Å². The molecule has 1 fully saturated rings. The molecule has 1 atom stereocenters. The van der Waals surface area contributed by atoms with E-state index in [0.717, 1.165) is 25.7 Å². The Morgan fingerprint density at radius 2 is 1.96 bits per heavy atom. The van der Waals surface area contributed by atoms with Crippen LogP contribution in [-0.4, -0.2) is 40.8 Å². The van der Waals surface area contributed by atoms with Gasteiger partial charge in [-0.25, -0.2) is 13.1 Å². The predicted molar refractivity (Wildman–Crippen MR) is 85.5 cm³/mol. The molecule has 4 rings (SSSR count). The van der Waals surface area contributed by atoms with E-state index in [1.54, 1.807) is 27.4 Å². The topological polar surface area (TPSA) is 68.1 Å². The van der Waals surface area contributed by atoms with Crippen molar-refractivity contribution in [1.82, 2.24) is 19.3 Å². The Bertz CT molecular complexity index is 801. The molecule has 0 amide bonds. The Labute approximate surface area is 136 Å². The van der Waals surface area contributed by atoms with Crippen LogP contribution in [0.25, 0.3) is 0 Å². The van der Waals surface area contributed by atoms with Gasteiger partial charge in [-0.05, 0) is 55.4 Å². The predicted octanol–water partition coefficient (Wildman–Crippen LogP) is 1.79. The van der Waals surface area contributed by atoms with Crippen LogP contribution in [0.2, 0.25) is 0 Å². The first-order valence-electron chi connectivity index (χ1n) is 8.12. The van der Waals surface area contributed by atoms with Crippen molar-refractivity contribution in [2.24, 2.45) is 0 Å². The summed E-state index contributed by atoms with van der Waals surface area (Å²) in [6.07, 6.45) is 8.58. The van der Waals surface area contributed by atoms with Crippen molar-refractivity contribution in [3.63, 3.8) is 0 Å². The van der Waals surface area contributed by atoms with Crippen LogP contribution >= 0.6 is 0 Å². The van der Waals surface area contributed by atoms with Crippen molar-refractivity contribution in [3.05, 3.63) is 41.7 Å². The molecule has 1 aromatic heterocycles. The number of nitrogens with zero attached hydrogens (tertiary/aromatic N) is 4. The fourth-order valence-electron chi connectivity index (χ4n) is 3.58. The van der Waals surface area contributed by atoms with E-state index in [9.17, 15) is 8.42 Å². The van der Waals surface area contributed by atoms with Crippen LogP contribution in [0.5, 0.6) is 0 Å². The highest BCUT2D eigenvalue weighted by atomic mass is 32.2. The van der Waals surface area contributed by atoms with Crippen LogP contribution in [0, 0.1) is 0 Å². The number of sulfonamides is 1. The standard InChI is InChI=1S/C16H20N4O2S/c21-23(22,16-6-5-13-3-1-2-4-14(13)11-16)19-9-7-15(12-19)20-10-8-17-18-20/h5-6,8,10-11,15H,1-4,7,9,12H2/t15-/m0/s1. The summed E-state index contributed by atoms with van der Waals surface area (Å²) in [6.45, 7) is 0.993. The van der Waals surface area contributed by atoms with Crippen LogP contribution in [0.15, 0.2) is 35.5 Å². The molecule has 0 spiro atoms. The maximum Gasteiger partial charge on any atom is 0.243 e. The van der Waals surface area contributed by atoms with Crippen LogP contribution < -0.4 is 0 Å². The molecule has 2 heterocycles. The molecule has 0 bridgehead atoms. The molecular weight excluding hydrogens is 312 g/mol. The average molecular weight is 332 g/mol. The van der Waals surface area contributed by atoms with Gasteiger partial charge in [0.25, 0.3) is 0 Å². The molecular formula is C16H20N4O2S. The molecule has 0 saturated carbocycles. The van der Waals surface area contributed by atoms with E-state index in [0.29, 0.717) is 18.0 Å². The summed E-state index contributed by atoms with van der Waals surface area (Å²) in [5.74, 6) is 0. The Kier molecular flexibility index (Phi) is 3.69. The second-order valence-corrected chi connectivity index (χ2v) is 8.26. The van der Waals surface area contributed by atoms with Gasteiger partial charge in [-0.15, -0.1) is 5.10 Å². The molecule has 1 saturated heterocycles. The third-order valence-electron chi connectivity index (χ3n) is 4.90. The lowest BCUT2D eigenvalue weighted by molar-refractivity contribution is 0.428. The van der Waals surface area contributed by atoms with Crippen molar-refractivity contribution >= 4 is 10.0 Å². The number of hydrogen-bond acceptors (Lipinski definition) is 4. The summed E-state index contributed by atoms with van der Waals surface area (Å²) in [6, 6.07) is 5.71. The second-order valence-electron chi connectivity index (χ2n) is 6.33. The Morgan fingerprint density at radius 3 is 2.74 bits per heavy atom. The minimum absolute atomic E-state index is 0.0740. The van der Waals surface area contributed by atoms with E-state index in [4.69, 9.17) is 0 Å². The Balaban J connectivity index is 1.58. The van der Waals surface area contributed by atoms with Crippen molar-refractivity contribution in [1.29, 1.82) is 0 Å². The Hall–Kier alpha value is -1.73. The molecule has 0 unspecified atom stereocenters. The highest BCUT2D eigenvalue weighted by Gasteiger charge is 2.34. The molecule has 2 aromatic rings. The van der Waals surface area contributed by atoms with Crippen molar-refractivity contribution in [2.45, 2.75) is 43.0 Å². The zero-order valence-electron chi connectivity index (χ0n) is 12.9. The smallest absolute Gasteiger partial charge is 0.243 e. The fourth-order valence-corrected chi connectivity index (χ4v) is 5.12. The molecule has 122 valence electrons. The van der Waals surface area contributed by atoms with Gasteiger partial charge in [0.1, 0.15) is 0 Å². The van der Waals surface area contributed by atoms with Crippen LogP contribution in [0.1, 0.15) is 36.4 Å². The number of hydrogen-bond donors (Lipinski definition) is 0. The van der Waals surface area contributed by atoms with Gasteiger partial charge in [-0.2, -0.15) is 4.31 Å². The van der Waals surface area contributed by atoms with E-state index in [2.05, 4.69) is 10.3 Å². The van der Waals surface area contributed by atoms with Crippen molar-refractivity contribution in [2.75, 3.05) is 13.1 Å². The molecule has 0 N–H and O–H groups in total. The monoisotopic (exact) mass is 332 g/mol. The Morgan fingerprint density at radius 1 is 1.13 bits per heavy atom. The normalized spacial score (nSPS) is 22.2. The summed E-state index contributed by atoms with van der Waals surface area (Å²) in [5.41, 5.74) is 2.50. The van der Waals surface area contributed by atoms with Gasteiger partial charge in [-0.1, -0.05) is 11.3 Å². The number of aromatic nitrogens is 3. The minimum atomic E-state index is -3.42. The van der Waals surface area contributed by atoms with Gasteiger partial charge in [0.2, 0.25) is 10.0 Å². The summed E-state index contributed by atoms with van der Waals surface area (Å²) in [5, 5.41) is 7.80. The van der Waals surface area contributed by atoms with Crippen LogP contribution in [-0.2, 0) is 22.9 Å². The van der Waals surface area contributed by atoms with E-state index >= 15 is 0 Å². The maximum absolute atomic E-state index is 12.9. The SMILES string of the molecule is O=S(=O)(c1ccc2c(c1)CCCC2)N1CC[C@H](n2ccnn2)C1. The lowest BCUT2D eigenvalue weighted by atomic mass is 9.92. The molecule has 23 heavy (non-hydrogen) atoms. The molecule has 7 heteroatoms. The number of fused-ring (bicyclic) bond motifs is 1. The quantitative estimate of drug-likeness (QED) is 0.859. The maximum atomic E-state index is 12.9. The highest BCUT2D eigenvalue weighted by Crippen LogP contribution is 2.29. The zero-order chi connectivity index (χ0) is 15.9. The van der Waals surface area contributed by atoms with Gasteiger partial charge in [0.15, 0.2) is 0 Å². The van der Waals surface area contributed by atoms with E-state index in [1.807, 2.05) is 12.1 Å². The van der Waals surface area contributed by atoms with Crippen molar-refractivity contribution < 1.29 is 8.42 Å². The van der Waals surface area contributed by atoms with E-state index in [-0.39, 0.29) is 6.04 Å². The first-order valence-corrected chi connectivity index (χ1v) is 9.56. The fraction of sp³-hybridized carbons (Fsp3) is 0.500. The molecule has 1 aliphatic heterocycles. The largest absolute Gasteiger partial charge is 0.248 e. The molecule has 1 aromatic carbocycles. The summed E-state index contributed by atoms with van der Waals surface area (Å²) < 4.78 is 29.2. The third kappa shape index (κ3) is 2.68. The average Bonchev–Trinajstić information content (AvgIpc) is 3.25. The number of benzene rings is 1. The van der Waals surface area contributed by atoms with Gasteiger partial charge >= 0.3 is 0 Å². The lowest BCUT2D eigenvalue weighted by Crippen LogP contribution is -2.29.